The van der Waals surface area contributed by atoms with Gasteiger partial charge in [-0.25, -0.2) is 9.59 Å². The molecular formula is C23H21N5O5. The van der Waals surface area contributed by atoms with E-state index in [2.05, 4.69) is 15.6 Å². The van der Waals surface area contributed by atoms with Crippen LogP contribution in [0.4, 0.5) is 16.3 Å². The fraction of sp³-hybridized carbons (Fsp3) is 0.217. The van der Waals surface area contributed by atoms with E-state index in [9.17, 15) is 19.2 Å². The number of aromatic nitrogens is 2. The second-order valence-electron chi connectivity index (χ2n) is 7.89. The number of ether oxygens (including phenoxy) is 1. The molecule has 2 aliphatic heterocycles. The van der Waals surface area contributed by atoms with Crippen LogP contribution < -0.4 is 31.5 Å². The van der Waals surface area contributed by atoms with E-state index >= 15 is 0 Å². The van der Waals surface area contributed by atoms with Gasteiger partial charge in [-0.3, -0.25) is 24.5 Å². The summed E-state index contributed by atoms with van der Waals surface area (Å²) < 4.78 is 6.87. The summed E-state index contributed by atoms with van der Waals surface area (Å²) in [7, 11) is 1.46. The first-order valence-electron chi connectivity index (χ1n) is 10.4. The molecule has 0 spiro atoms. The fourth-order valence-electron chi connectivity index (χ4n) is 4.23. The number of rotatable bonds is 4. The SMILES string of the molecule is Cn1c2c(c(=O)[nH]c1=O)C(c1ccc(OCC(=O)N3CCc4ccccc43)cc1)NC(=O)N2. The first kappa shape index (κ1) is 20.6. The highest BCUT2D eigenvalue weighted by atomic mass is 16.5. The predicted molar refractivity (Wildman–Crippen MR) is 121 cm³/mol. The minimum atomic E-state index is -0.749. The molecule has 2 aliphatic rings. The number of nitrogens with one attached hydrogen (secondary N) is 3. The maximum Gasteiger partial charge on any atom is 0.329 e. The number of hydrogen-bond acceptors (Lipinski definition) is 5. The molecule has 0 saturated heterocycles. The van der Waals surface area contributed by atoms with Crippen molar-refractivity contribution in [1.29, 1.82) is 0 Å². The average Bonchev–Trinajstić information content (AvgIpc) is 3.25. The number of hydrogen-bond donors (Lipinski definition) is 3. The Labute approximate surface area is 187 Å². The Morgan fingerprint density at radius 2 is 1.85 bits per heavy atom. The van der Waals surface area contributed by atoms with Crippen LogP contribution in [0.1, 0.15) is 22.7 Å². The van der Waals surface area contributed by atoms with Crippen molar-refractivity contribution >= 4 is 23.4 Å². The molecule has 33 heavy (non-hydrogen) atoms. The number of anilines is 2. The monoisotopic (exact) mass is 447 g/mol. The number of carbonyl (C=O) groups is 2. The lowest BCUT2D eigenvalue weighted by Crippen LogP contribution is -2.46. The van der Waals surface area contributed by atoms with E-state index in [4.69, 9.17) is 4.74 Å². The van der Waals surface area contributed by atoms with E-state index in [0.29, 0.717) is 17.9 Å². The van der Waals surface area contributed by atoms with Gasteiger partial charge in [0.2, 0.25) is 0 Å². The largest absolute Gasteiger partial charge is 0.484 e. The van der Waals surface area contributed by atoms with E-state index in [-0.39, 0.29) is 23.9 Å². The van der Waals surface area contributed by atoms with Crippen LogP contribution in [0, 0.1) is 0 Å². The number of aromatic amines is 1. The van der Waals surface area contributed by atoms with Crippen LogP contribution in [-0.4, -0.2) is 34.6 Å². The smallest absolute Gasteiger partial charge is 0.329 e. The number of fused-ring (bicyclic) bond motifs is 2. The third kappa shape index (κ3) is 3.65. The summed E-state index contributed by atoms with van der Waals surface area (Å²) in [6.45, 7) is 0.523. The van der Waals surface area contributed by atoms with Gasteiger partial charge >= 0.3 is 11.7 Å². The molecule has 3 aromatic rings. The van der Waals surface area contributed by atoms with Crippen molar-refractivity contribution < 1.29 is 14.3 Å². The molecule has 1 aromatic heterocycles. The minimum absolute atomic E-state index is 0.109. The van der Waals surface area contributed by atoms with Crippen LogP contribution in [0.25, 0.3) is 0 Å². The van der Waals surface area contributed by atoms with Gasteiger partial charge in [-0.2, -0.15) is 0 Å². The van der Waals surface area contributed by atoms with E-state index < -0.39 is 23.3 Å². The molecule has 0 fully saturated rings. The Kier molecular flexibility index (Phi) is 4.97. The molecule has 3 heterocycles. The van der Waals surface area contributed by atoms with Crippen LogP contribution in [0.15, 0.2) is 58.1 Å². The Balaban J connectivity index is 1.33. The summed E-state index contributed by atoms with van der Waals surface area (Å²) in [6.07, 6.45) is 0.824. The van der Waals surface area contributed by atoms with Gasteiger partial charge in [-0.15, -0.1) is 0 Å². The number of benzene rings is 2. The Hall–Kier alpha value is -4.34. The van der Waals surface area contributed by atoms with Crippen molar-refractivity contribution in [2.75, 3.05) is 23.4 Å². The molecule has 1 atom stereocenters. The van der Waals surface area contributed by atoms with E-state index in [1.807, 2.05) is 24.3 Å². The van der Waals surface area contributed by atoms with E-state index in [1.165, 1.54) is 11.6 Å². The van der Waals surface area contributed by atoms with Gasteiger partial charge in [-0.1, -0.05) is 30.3 Å². The quantitative estimate of drug-likeness (QED) is 0.555. The van der Waals surface area contributed by atoms with E-state index in [1.54, 1.807) is 29.2 Å². The topological polar surface area (TPSA) is 126 Å². The van der Waals surface area contributed by atoms with Crippen molar-refractivity contribution in [1.82, 2.24) is 14.9 Å². The molecule has 0 aliphatic carbocycles. The maximum atomic E-state index is 12.6. The van der Waals surface area contributed by atoms with Crippen LogP contribution in [-0.2, 0) is 18.3 Å². The van der Waals surface area contributed by atoms with Crippen molar-refractivity contribution in [2.45, 2.75) is 12.5 Å². The van der Waals surface area contributed by atoms with E-state index in [0.717, 1.165) is 17.7 Å². The molecule has 2 aromatic carbocycles. The lowest BCUT2D eigenvalue weighted by molar-refractivity contribution is -0.120. The fourth-order valence-corrected chi connectivity index (χ4v) is 4.23. The second-order valence-corrected chi connectivity index (χ2v) is 7.89. The summed E-state index contributed by atoms with van der Waals surface area (Å²) >= 11 is 0. The molecule has 0 bridgehead atoms. The van der Waals surface area contributed by atoms with Gasteiger partial charge in [0, 0.05) is 19.3 Å². The summed E-state index contributed by atoms with van der Waals surface area (Å²) in [5.41, 5.74) is 1.72. The first-order chi connectivity index (χ1) is 15.9. The van der Waals surface area contributed by atoms with Gasteiger partial charge in [0.15, 0.2) is 6.61 Å². The summed E-state index contributed by atoms with van der Waals surface area (Å²) in [5, 5.41) is 5.22. The average molecular weight is 447 g/mol. The van der Waals surface area contributed by atoms with Crippen LogP contribution in [0.5, 0.6) is 5.75 Å². The highest BCUT2D eigenvalue weighted by Crippen LogP contribution is 2.30. The minimum Gasteiger partial charge on any atom is -0.484 e. The summed E-state index contributed by atoms with van der Waals surface area (Å²) in [6, 6.07) is 13.3. The predicted octanol–water partition coefficient (Wildman–Crippen LogP) is 1.27. The molecule has 0 radical (unpaired) electrons. The number of amides is 3. The van der Waals surface area contributed by atoms with Crippen LogP contribution >= 0.6 is 0 Å². The van der Waals surface area contributed by atoms with Gasteiger partial charge in [0.05, 0.1) is 11.6 Å². The molecular weight excluding hydrogens is 426 g/mol. The van der Waals surface area contributed by atoms with Gasteiger partial charge in [0.1, 0.15) is 11.6 Å². The second kappa shape index (κ2) is 7.97. The summed E-state index contributed by atoms with van der Waals surface area (Å²) in [4.78, 5) is 53.1. The van der Waals surface area contributed by atoms with Crippen molar-refractivity contribution in [3.8, 4) is 5.75 Å². The highest BCUT2D eigenvalue weighted by molar-refractivity contribution is 5.96. The molecule has 3 amide bonds. The number of H-pyrrole nitrogens is 1. The van der Waals surface area contributed by atoms with Gasteiger partial charge in [-0.05, 0) is 35.7 Å². The third-order valence-corrected chi connectivity index (χ3v) is 5.92. The number of urea groups is 1. The lowest BCUT2D eigenvalue weighted by atomic mass is 9.98. The zero-order valence-corrected chi connectivity index (χ0v) is 17.8. The standard InChI is InChI=1S/C23H21N5O5/c1-27-20-18(21(30)26-23(27)32)19(24-22(31)25-20)14-6-8-15(9-7-14)33-12-17(29)28-11-10-13-4-2-3-5-16(13)28/h2-9,19H,10-12H2,1H3,(H2,24,25,31)(H,26,30,32). The molecule has 168 valence electrons. The Morgan fingerprint density at radius 1 is 1.09 bits per heavy atom. The van der Waals surface area contributed by atoms with Crippen LogP contribution in [0.3, 0.4) is 0 Å². The Morgan fingerprint density at radius 3 is 2.64 bits per heavy atom. The lowest BCUT2D eigenvalue weighted by Gasteiger charge is -2.27. The van der Waals surface area contributed by atoms with Crippen molar-refractivity contribution in [2.24, 2.45) is 7.05 Å². The van der Waals surface area contributed by atoms with Crippen LogP contribution in [0.2, 0.25) is 0 Å². The highest BCUT2D eigenvalue weighted by Gasteiger charge is 2.31. The zero-order chi connectivity index (χ0) is 23.1. The number of carbonyl (C=O) groups excluding carboxylic acids is 2. The number of nitrogens with zero attached hydrogens (tertiary/aromatic N) is 2. The van der Waals surface area contributed by atoms with Crippen molar-refractivity contribution in [3.63, 3.8) is 0 Å². The summed E-state index contributed by atoms with van der Waals surface area (Å²) in [5.74, 6) is 0.500. The normalized spacial score (nSPS) is 16.5. The zero-order valence-electron chi connectivity index (χ0n) is 17.8. The molecule has 1 unspecified atom stereocenters. The molecule has 10 nitrogen and oxygen atoms in total. The molecule has 3 N–H and O–H groups in total. The molecule has 0 saturated carbocycles. The van der Waals surface area contributed by atoms with Crippen molar-refractivity contribution in [3.05, 3.63) is 86.1 Å². The molecule has 5 rings (SSSR count). The third-order valence-electron chi connectivity index (χ3n) is 5.92. The van der Waals surface area contributed by atoms with Gasteiger partial charge in [0.25, 0.3) is 11.5 Å². The number of para-hydroxylation sites is 1. The molecule has 10 heteroatoms. The Bertz CT molecular complexity index is 1380. The maximum absolute atomic E-state index is 12.6. The first-order valence-corrected chi connectivity index (χ1v) is 10.4. The van der Waals surface area contributed by atoms with Gasteiger partial charge < -0.3 is 15.0 Å².